The van der Waals surface area contributed by atoms with Crippen LogP contribution in [0.15, 0.2) is 29.5 Å². The summed E-state index contributed by atoms with van der Waals surface area (Å²) in [7, 11) is 3.30. The summed E-state index contributed by atoms with van der Waals surface area (Å²) in [4.78, 5) is 4.69. The molecule has 2 rings (SSSR count). The lowest BCUT2D eigenvalue weighted by atomic mass is 10.1. The molecule has 0 saturated carbocycles. The predicted octanol–water partition coefficient (Wildman–Crippen LogP) is 2.29. The molecule has 0 aliphatic heterocycles. The van der Waals surface area contributed by atoms with Crippen molar-refractivity contribution in [2.45, 2.75) is 40.2 Å². The van der Waals surface area contributed by atoms with Gasteiger partial charge in [-0.05, 0) is 30.0 Å². The first-order valence-electron chi connectivity index (χ1n) is 10.2. The lowest BCUT2D eigenvalue weighted by molar-refractivity contribution is 0.354. The third-order valence-electron chi connectivity index (χ3n) is 4.43. The number of hydrogen-bond acceptors (Lipinski definition) is 5. The van der Waals surface area contributed by atoms with Crippen molar-refractivity contribution in [2.24, 2.45) is 10.9 Å². The fourth-order valence-electron chi connectivity index (χ4n) is 2.84. The van der Waals surface area contributed by atoms with Crippen molar-refractivity contribution in [3.8, 4) is 11.5 Å². The van der Waals surface area contributed by atoms with Gasteiger partial charge in [0.2, 0.25) is 0 Å². The van der Waals surface area contributed by atoms with Crippen LogP contribution in [0.5, 0.6) is 11.5 Å². The molecule has 0 saturated heterocycles. The minimum Gasteiger partial charge on any atom is -0.493 e. The molecule has 2 N–H and O–H groups in total. The van der Waals surface area contributed by atoms with E-state index >= 15 is 0 Å². The number of methoxy groups -OCH3 is 2. The summed E-state index contributed by atoms with van der Waals surface area (Å²) in [6.45, 7) is 9.51. The summed E-state index contributed by atoms with van der Waals surface area (Å²) < 4.78 is 12.7. The van der Waals surface area contributed by atoms with Crippen LogP contribution >= 0.6 is 0 Å². The van der Waals surface area contributed by atoms with Gasteiger partial charge in [-0.1, -0.05) is 26.8 Å². The van der Waals surface area contributed by atoms with Crippen LogP contribution in [0.1, 0.15) is 32.2 Å². The minimum atomic E-state index is 0.504. The number of nitrogens with zero attached hydrogens (tertiary/aromatic N) is 4. The van der Waals surface area contributed by atoms with E-state index in [1.165, 1.54) is 5.56 Å². The fourth-order valence-corrected chi connectivity index (χ4v) is 2.84. The first kappa shape index (κ1) is 22.5. The molecule has 0 spiro atoms. The van der Waals surface area contributed by atoms with Crippen LogP contribution in [0.4, 0.5) is 0 Å². The van der Waals surface area contributed by atoms with Gasteiger partial charge in [-0.15, -0.1) is 10.2 Å². The first-order chi connectivity index (χ1) is 14.1. The Hall–Kier alpha value is -2.77. The monoisotopic (exact) mass is 402 g/mol. The zero-order chi connectivity index (χ0) is 21.1. The Kier molecular flexibility index (Phi) is 9.27. The summed E-state index contributed by atoms with van der Waals surface area (Å²) in [5.74, 6) is 3.81. The van der Waals surface area contributed by atoms with E-state index in [-0.39, 0.29) is 0 Å². The van der Waals surface area contributed by atoms with Crippen LogP contribution in [0.25, 0.3) is 0 Å². The van der Waals surface area contributed by atoms with E-state index in [0.717, 1.165) is 62.3 Å². The SMILES string of the molecule is CCc1nncn1CCNC(=NCC(C)C)NCCc1ccc(OC)c(OC)c1. The van der Waals surface area contributed by atoms with Crippen molar-refractivity contribution in [3.63, 3.8) is 0 Å². The van der Waals surface area contributed by atoms with Gasteiger partial charge in [0.1, 0.15) is 12.2 Å². The van der Waals surface area contributed by atoms with E-state index in [9.17, 15) is 0 Å². The third-order valence-corrected chi connectivity index (χ3v) is 4.43. The van der Waals surface area contributed by atoms with Crippen LogP contribution in [0.3, 0.4) is 0 Å². The van der Waals surface area contributed by atoms with Gasteiger partial charge in [-0.3, -0.25) is 4.99 Å². The maximum atomic E-state index is 5.38. The van der Waals surface area contributed by atoms with Crippen LogP contribution in [-0.2, 0) is 19.4 Å². The van der Waals surface area contributed by atoms with Crippen LogP contribution in [0.2, 0.25) is 0 Å². The molecular weight excluding hydrogens is 368 g/mol. The number of benzene rings is 1. The molecule has 160 valence electrons. The molecule has 0 amide bonds. The molecule has 8 heteroatoms. The molecule has 0 radical (unpaired) electrons. The summed E-state index contributed by atoms with van der Waals surface area (Å²) in [6.07, 6.45) is 3.50. The molecule has 1 heterocycles. The molecule has 0 aliphatic rings. The average molecular weight is 403 g/mol. The number of aryl methyl sites for hydroxylation is 1. The second-order valence-electron chi connectivity index (χ2n) is 7.17. The van der Waals surface area contributed by atoms with Gasteiger partial charge in [0, 0.05) is 32.6 Å². The lowest BCUT2D eigenvalue weighted by Gasteiger charge is -2.15. The fraction of sp³-hybridized carbons (Fsp3) is 0.571. The van der Waals surface area contributed by atoms with Gasteiger partial charge in [-0.25, -0.2) is 0 Å². The largest absolute Gasteiger partial charge is 0.493 e. The van der Waals surface area contributed by atoms with Crippen LogP contribution in [0, 0.1) is 5.92 Å². The lowest BCUT2D eigenvalue weighted by Crippen LogP contribution is -2.40. The number of guanidine groups is 1. The van der Waals surface area contributed by atoms with E-state index in [2.05, 4.69) is 57.2 Å². The Morgan fingerprint density at radius 2 is 1.90 bits per heavy atom. The van der Waals surface area contributed by atoms with E-state index in [1.54, 1.807) is 20.5 Å². The van der Waals surface area contributed by atoms with Gasteiger partial charge < -0.3 is 24.7 Å². The van der Waals surface area contributed by atoms with Gasteiger partial charge >= 0.3 is 0 Å². The number of rotatable bonds is 11. The summed E-state index contributed by atoms with van der Waals surface area (Å²) in [5, 5.41) is 14.9. The zero-order valence-electron chi connectivity index (χ0n) is 18.2. The van der Waals surface area contributed by atoms with Crippen molar-refractivity contribution in [1.82, 2.24) is 25.4 Å². The molecule has 1 aromatic carbocycles. The van der Waals surface area contributed by atoms with E-state index in [4.69, 9.17) is 9.47 Å². The number of hydrogen-bond donors (Lipinski definition) is 2. The highest BCUT2D eigenvalue weighted by molar-refractivity contribution is 5.79. The smallest absolute Gasteiger partial charge is 0.191 e. The van der Waals surface area contributed by atoms with Crippen molar-refractivity contribution in [1.29, 1.82) is 0 Å². The van der Waals surface area contributed by atoms with Gasteiger partial charge in [0.05, 0.1) is 14.2 Å². The standard InChI is InChI=1S/C21H34N6O2/c1-6-20-26-25-15-27(20)12-11-23-21(24-14-16(2)3)22-10-9-17-7-8-18(28-4)19(13-17)29-5/h7-8,13,15-16H,6,9-12,14H2,1-5H3,(H2,22,23,24). The molecule has 2 aromatic rings. The maximum absolute atomic E-state index is 5.38. The normalized spacial score (nSPS) is 11.6. The van der Waals surface area contributed by atoms with Crippen molar-refractivity contribution < 1.29 is 9.47 Å². The Balaban J connectivity index is 1.88. The number of nitrogens with one attached hydrogen (secondary N) is 2. The quantitative estimate of drug-likeness (QED) is 0.443. The summed E-state index contributed by atoms with van der Waals surface area (Å²) >= 11 is 0. The predicted molar refractivity (Wildman–Crippen MR) is 116 cm³/mol. The molecule has 0 aliphatic carbocycles. The second kappa shape index (κ2) is 11.9. The highest BCUT2D eigenvalue weighted by Crippen LogP contribution is 2.27. The van der Waals surface area contributed by atoms with E-state index in [0.29, 0.717) is 5.92 Å². The molecule has 0 fully saturated rings. The highest BCUT2D eigenvalue weighted by Gasteiger charge is 2.06. The van der Waals surface area contributed by atoms with E-state index in [1.807, 2.05) is 12.1 Å². The molecule has 1 aromatic heterocycles. The molecule has 29 heavy (non-hydrogen) atoms. The van der Waals surface area contributed by atoms with Crippen molar-refractivity contribution in [3.05, 3.63) is 35.9 Å². The zero-order valence-corrected chi connectivity index (χ0v) is 18.2. The minimum absolute atomic E-state index is 0.504. The Labute approximate surface area is 173 Å². The highest BCUT2D eigenvalue weighted by atomic mass is 16.5. The second-order valence-corrected chi connectivity index (χ2v) is 7.17. The number of aromatic nitrogens is 3. The molecule has 0 atom stereocenters. The molecule has 0 bridgehead atoms. The van der Waals surface area contributed by atoms with Crippen LogP contribution in [-0.4, -0.2) is 54.6 Å². The number of aliphatic imine (C=N–C) groups is 1. The number of ether oxygens (including phenoxy) is 2. The summed E-state index contributed by atoms with van der Waals surface area (Å²) in [5.41, 5.74) is 1.18. The van der Waals surface area contributed by atoms with Gasteiger partial charge in [-0.2, -0.15) is 0 Å². The molecule has 0 unspecified atom stereocenters. The topological polar surface area (TPSA) is 85.6 Å². The average Bonchev–Trinajstić information content (AvgIpc) is 3.18. The molecule has 8 nitrogen and oxygen atoms in total. The van der Waals surface area contributed by atoms with Crippen molar-refractivity contribution in [2.75, 3.05) is 33.9 Å². The maximum Gasteiger partial charge on any atom is 0.191 e. The Morgan fingerprint density at radius 3 is 2.59 bits per heavy atom. The Bertz CT molecular complexity index is 772. The third kappa shape index (κ3) is 7.29. The molecular formula is C21H34N6O2. The first-order valence-corrected chi connectivity index (χ1v) is 10.2. The Morgan fingerprint density at radius 1 is 1.14 bits per heavy atom. The van der Waals surface area contributed by atoms with E-state index < -0.39 is 0 Å². The van der Waals surface area contributed by atoms with Crippen molar-refractivity contribution >= 4 is 5.96 Å². The van der Waals surface area contributed by atoms with Gasteiger partial charge in [0.15, 0.2) is 17.5 Å². The van der Waals surface area contributed by atoms with Gasteiger partial charge in [0.25, 0.3) is 0 Å². The van der Waals surface area contributed by atoms with Crippen LogP contribution < -0.4 is 20.1 Å². The summed E-state index contributed by atoms with van der Waals surface area (Å²) in [6, 6.07) is 6.00.